The summed E-state index contributed by atoms with van der Waals surface area (Å²) in [5, 5.41) is 0.560. The quantitative estimate of drug-likeness (QED) is 0.0521. The number of carbonyl (C=O) groups excluding carboxylic acids is 4. The second-order valence-corrected chi connectivity index (χ2v) is 24.9. The second kappa shape index (κ2) is 27.8. The highest BCUT2D eigenvalue weighted by Crippen LogP contribution is 2.45. The lowest BCUT2D eigenvalue weighted by Crippen LogP contribution is -2.41. The number of rotatable bonds is 20. The zero-order valence-electron chi connectivity index (χ0n) is 47.3. The minimum Gasteiger partial charge on any atom is -0.266 e. The van der Waals surface area contributed by atoms with Crippen molar-refractivity contribution in [3.8, 4) is 0 Å². The van der Waals surface area contributed by atoms with Gasteiger partial charge in [0.1, 0.15) is 34.5 Å². The fourth-order valence-electron chi connectivity index (χ4n) is 10.2. The van der Waals surface area contributed by atoms with Crippen molar-refractivity contribution in [1.82, 2.24) is 19.9 Å². The zero-order chi connectivity index (χ0) is 60.2. The number of amidine groups is 4. The van der Waals surface area contributed by atoms with Crippen molar-refractivity contribution >= 4 is 136 Å². The highest BCUT2D eigenvalue weighted by molar-refractivity contribution is 8.82. The molecule has 0 spiro atoms. The van der Waals surface area contributed by atoms with Crippen LogP contribution in [0.3, 0.4) is 0 Å². The number of aromatic nitrogens is 4. The molecular weight excluding hydrogens is 1180 g/mol. The molecule has 8 heterocycles. The van der Waals surface area contributed by atoms with Crippen molar-refractivity contribution in [2.75, 3.05) is 25.4 Å². The van der Waals surface area contributed by atoms with Gasteiger partial charge < -0.3 is 0 Å². The molecule has 4 aliphatic heterocycles. The summed E-state index contributed by atoms with van der Waals surface area (Å²) in [5.41, 5.74) is 5.87. The Morgan fingerprint density at radius 2 is 0.727 bits per heavy atom. The number of hydrogen-bond donors (Lipinski definition) is 0. The third-order valence-corrected chi connectivity index (χ3v) is 19.5. The van der Waals surface area contributed by atoms with E-state index in [4.69, 9.17) is 20.0 Å². The minimum atomic E-state index is -0.440. The van der Waals surface area contributed by atoms with Gasteiger partial charge in [-0.05, 0) is 162 Å². The SMILES string of the molecule is CCC(C1=N/C(=C\c2ccccn2)C(=O)N1c1ccccc1)C(CCC(CSSC1=NC(=Cc2ccccn2)C(=O)N1c1ccccc1)C1=NC(=Cc2ccccn2)C(=O)N1c1ccccc1)SSC1=N/C(=C\c2ccccn2)C(=O)N1c1ccccc1. The van der Waals surface area contributed by atoms with Crippen LogP contribution in [0.2, 0.25) is 0 Å². The number of para-hydroxylation sites is 4. The van der Waals surface area contributed by atoms with Crippen LogP contribution in [0.25, 0.3) is 24.3 Å². The Hall–Kier alpha value is -9.60. The van der Waals surface area contributed by atoms with Crippen LogP contribution in [0.1, 0.15) is 49.0 Å². The van der Waals surface area contributed by atoms with Crippen LogP contribution in [0, 0.1) is 11.8 Å². The second-order valence-electron chi connectivity index (χ2n) is 20.1. The van der Waals surface area contributed by atoms with E-state index in [0.717, 1.165) is 0 Å². The third-order valence-electron chi connectivity index (χ3n) is 14.4. The van der Waals surface area contributed by atoms with E-state index in [-0.39, 0.29) is 51.7 Å². The molecule has 20 heteroatoms. The van der Waals surface area contributed by atoms with E-state index in [1.54, 1.807) is 79.5 Å². The number of nitrogens with zero attached hydrogens (tertiary/aromatic N) is 12. The van der Waals surface area contributed by atoms with Gasteiger partial charge in [-0.15, -0.1) is 0 Å². The van der Waals surface area contributed by atoms with Gasteiger partial charge in [0.2, 0.25) is 0 Å². The van der Waals surface area contributed by atoms with Crippen LogP contribution in [0.5, 0.6) is 0 Å². The first-order valence-electron chi connectivity index (χ1n) is 28.3. The van der Waals surface area contributed by atoms with Crippen molar-refractivity contribution < 1.29 is 19.2 Å². The van der Waals surface area contributed by atoms with E-state index >= 15 is 4.79 Å². The maximum Gasteiger partial charge on any atom is 0.283 e. The molecular formula is C68H54N12O4S4. The Kier molecular flexibility index (Phi) is 18.6. The Balaban J connectivity index is 0.955. The Morgan fingerprint density at radius 3 is 1.11 bits per heavy atom. The van der Waals surface area contributed by atoms with E-state index in [0.29, 0.717) is 92.5 Å². The summed E-state index contributed by atoms with van der Waals surface area (Å²) >= 11 is 0. The highest BCUT2D eigenvalue weighted by atomic mass is 33.1. The van der Waals surface area contributed by atoms with Crippen LogP contribution in [-0.4, -0.2) is 76.6 Å². The molecule has 4 aliphatic rings. The predicted molar refractivity (Wildman–Crippen MR) is 360 cm³/mol. The first-order chi connectivity index (χ1) is 43.3. The summed E-state index contributed by atoms with van der Waals surface area (Å²) in [5.74, 6) is -0.558. The fourth-order valence-corrected chi connectivity index (χ4v) is 15.6. The standard InChI is InChI=1S/C68H54N12O4S4/c1-2-55(62-74-57(42-48-24-16-20-38-70-48)64(82)78(62)52-29-9-4-10-30-52)60(86-88-68-76-59(44-50-26-18-22-40-72-50)66(84)80(68)54-33-13-6-14-34-54)36-35-46(61-73-56(41-47-23-15-19-37-69-47)63(81)77(61)51-27-7-3-8-28-51)45-85-87-67-75-58(43-49-25-17-21-39-71-49)65(83)79(67)53-31-11-5-12-32-53/h3-34,37-44,46,55,60H,2,35-36,45H2,1H3/b56-41?,57-42-,58-43?,59-44-. The lowest BCUT2D eigenvalue weighted by Gasteiger charge is -2.32. The summed E-state index contributed by atoms with van der Waals surface area (Å²) < 4.78 is 0. The topological polar surface area (TPSA) is 182 Å². The predicted octanol–water partition coefficient (Wildman–Crippen LogP) is 14.0. The Labute approximate surface area is 524 Å². The monoisotopic (exact) mass is 1230 g/mol. The Bertz CT molecular complexity index is 4110. The molecule has 0 aliphatic carbocycles. The van der Waals surface area contributed by atoms with Gasteiger partial charge in [0.15, 0.2) is 10.3 Å². The molecule has 0 fully saturated rings. The molecule has 0 saturated carbocycles. The number of pyridine rings is 4. The number of carbonyl (C=O) groups is 4. The van der Waals surface area contributed by atoms with Gasteiger partial charge in [0.25, 0.3) is 23.6 Å². The van der Waals surface area contributed by atoms with E-state index in [1.807, 2.05) is 194 Å². The summed E-state index contributed by atoms with van der Waals surface area (Å²) in [6, 6.07) is 59.9. The number of anilines is 4. The number of amides is 4. The largest absolute Gasteiger partial charge is 0.283 e. The first-order valence-corrected chi connectivity index (χ1v) is 32.9. The lowest BCUT2D eigenvalue weighted by atomic mass is 9.92. The molecule has 0 radical (unpaired) electrons. The lowest BCUT2D eigenvalue weighted by molar-refractivity contribution is -0.114. The van der Waals surface area contributed by atoms with Crippen molar-refractivity contribution in [3.05, 3.63) is 264 Å². The van der Waals surface area contributed by atoms with Crippen molar-refractivity contribution in [2.24, 2.45) is 31.8 Å². The molecule has 434 valence electrons. The minimum absolute atomic E-state index is 0.225. The van der Waals surface area contributed by atoms with Crippen LogP contribution >= 0.6 is 43.2 Å². The summed E-state index contributed by atoms with van der Waals surface area (Å²) in [4.78, 5) is 104. The molecule has 12 rings (SSSR count). The maximum absolute atomic E-state index is 15.0. The van der Waals surface area contributed by atoms with Crippen molar-refractivity contribution in [1.29, 1.82) is 0 Å². The highest BCUT2D eigenvalue weighted by Gasteiger charge is 2.43. The van der Waals surface area contributed by atoms with Gasteiger partial charge in [-0.1, -0.05) is 126 Å². The average molecular weight is 1230 g/mol. The molecule has 0 saturated heterocycles. The molecule has 0 N–H and O–H groups in total. The van der Waals surface area contributed by atoms with Crippen LogP contribution < -0.4 is 19.6 Å². The normalized spacial score (nSPS) is 18.0. The summed E-state index contributed by atoms with van der Waals surface area (Å²) in [6.07, 6.45) is 15.0. The first kappa shape index (κ1) is 58.8. The number of hydrogen-bond acceptors (Lipinski definition) is 16. The molecule has 16 nitrogen and oxygen atoms in total. The fraction of sp³-hybridized carbons (Fsp3) is 0.118. The van der Waals surface area contributed by atoms with Gasteiger partial charge in [-0.2, -0.15) is 0 Å². The molecule has 8 aromatic rings. The molecule has 3 unspecified atom stereocenters. The van der Waals surface area contributed by atoms with E-state index in [9.17, 15) is 14.4 Å². The van der Waals surface area contributed by atoms with E-state index in [1.165, 1.54) is 32.4 Å². The van der Waals surface area contributed by atoms with E-state index in [2.05, 4.69) is 26.9 Å². The van der Waals surface area contributed by atoms with Crippen LogP contribution in [-0.2, 0) is 19.2 Å². The smallest absolute Gasteiger partial charge is 0.266 e. The van der Waals surface area contributed by atoms with Gasteiger partial charge in [0, 0.05) is 47.6 Å². The molecule has 4 amide bonds. The Morgan fingerprint density at radius 1 is 0.386 bits per heavy atom. The van der Waals surface area contributed by atoms with Gasteiger partial charge in [0.05, 0.1) is 45.5 Å². The van der Waals surface area contributed by atoms with Crippen molar-refractivity contribution in [3.63, 3.8) is 0 Å². The van der Waals surface area contributed by atoms with Crippen LogP contribution in [0.4, 0.5) is 22.7 Å². The third kappa shape index (κ3) is 13.3. The number of aliphatic imine (C=N–C) groups is 4. The molecule has 4 aromatic carbocycles. The van der Waals surface area contributed by atoms with E-state index < -0.39 is 11.8 Å². The van der Waals surface area contributed by atoms with Gasteiger partial charge >= 0.3 is 0 Å². The zero-order valence-corrected chi connectivity index (χ0v) is 50.6. The number of benzene rings is 4. The molecule has 4 aromatic heterocycles. The molecule has 3 atom stereocenters. The molecule has 0 bridgehead atoms. The van der Waals surface area contributed by atoms with Crippen LogP contribution in [0.15, 0.2) is 262 Å². The summed E-state index contributed by atoms with van der Waals surface area (Å²) in [7, 11) is 5.80. The summed E-state index contributed by atoms with van der Waals surface area (Å²) in [6.45, 7) is 2.09. The molecule has 88 heavy (non-hydrogen) atoms. The maximum atomic E-state index is 15.0. The van der Waals surface area contributed by atoms with Gasteiger partial charge in [-0.3, -0.25) is 58.7 Å². The average Bonchev–Trinajstić information content (AvgIpc) is 2.06. The van der Waals surface area contributed by atoms with Gasteiger partial charge in [-0.25, -0.2) is 20.0 Å². The van der Waals surface area contributed by atoms with Crippen molar-refractivity contribution in [2.45, 2.75) is 31.4 Å².